The third-order valence-electron chi connectivity index (χ3n) is 4.90. The van der Waals surface area contributed by atoms with Crippen LogP contribution in [0.4, 0.5) is 0 Å². The third kappa shape index (κ3) is 4.11. The number of likely N-dealkylation sites (tertiary alicyclic amines) is 1. The Labute approximate surface area is 168 Å². The fourth-order valence-corrected chi connectivity index (χ4v) is 3.16. The molecule has 29 heavy (non-hydrogen) atoms. The number of aromatic nitrogens is 3. The van der Waals surface area contributed by atoms with Gasteiger partial charge in [0.1, 0.15) is 11.4 Å². The molecule has 0 bridgehead atoms. The molecule has 0 atom stereocenters. The van der Waals surface area contributed by atoms with Crippen molar-refractivity contribution in [3.63, 3.8) is 0 Å². The van der Waals surface area contributed by atoms with Gasteiger partial charge in [-0.15, -0.1) is 5.10 Å². The predicted molar refractivity (Wildman–Crippen MR) is 106 cm³/mol. The minimum atomic E-state index is -0.307. The van der Waals surface area contributed by atoms with Gasteiger partial charge < -0.3 is 15.0 Å². The van der Waals surface area contributed by atoms with E-state index in [-0.39, 0.29) is 24.4 Å². The third-order valence-corrected chi connectivity index (χ3v) is 4.90. The van der Waals surface area contributed by atoms with Crippen LogP contribution in [0, 0.1) is 0 Å². The fourth-order valence-electron chi connectivity index (χ4n) is 3.16. The van der Waals surface area contributed by atoms with Crippen molar-refractivity contribution < 1.29 is 14.3 Å². The Balaban J connectivity index is 1.27. The molecule has 0 unspecified atom stereocenters. The van der Waals surface area contributed by atoms with Gasteiger partial charge in [-0.2, -0.15) is 0 Å². The van der Waals surface area contributed by atoms with E-state index in [0.717, 1.165) is 11.3 Å². The summed E-state index contributed by atoms with van der Waals surface area (Å²) in [5.41, 5.74) is 2.27. The standard InChI is InChI=1S/C21H21N5O3/c1-29-18-9-5-8-16(10-18)21(28)22-11-20(27)25-12-17(13-25)26-14-19(23-24-26)15-6-3-2-4-7-15/h2-10,14,17H,11-13H2,1H3,(H,22,28). The van der Waals surface area contributed by atoms with Gasteiger partial charge in [0.25, 0.3) is 5.91 Å². The first kappa shape index (κ1) is 18.7. The average molecular weight is 391 g/mol. The van der Waals surface area contributed by atoms with Crippen LogP contribution >= 0.6 is 0 Å². The van der Waals surface area contributed by atoms with Crippen LogP contribution in [-0.2, 0) is 4.79 Å². The molecule has 1 fully saturated rings. The minimum Gasteiger partial charge on any atom is -0.497 e. The highest BCUT2D eigenvalue weighted by Gasteiger charge is 2.32. The predicted octanol–water partition coefficient (Wildman–Crippen LogP) is 1.77. The summed E-state index contributed by atoms with van der Waals surface area (Å²) in [5, 5.41) is 11.1. The number of hydrogen-bond donors (Lipinski definition) is 1. The van der Waals surface area contributed by atoms with Gasteiger partial charge in [0.2, 0.25) is 5.91 Å². The van der Waals surface area contributed by atoms with E-state index < -0.39 is 0 Å². The van der Waals surface area contributed by atoms with Gasteiger partial charge >= 0.3 is 0 Å². The van der Waals surface area contributed by atoms with Crippen LogP contribution in [-0.4, -0.2) is 58.5 Å². The molecule has 8 nitrogen and oxygen atoms in total. The van der Waals surface area contributed by atoms with Crippen molar-refractivity contribution in [2.24, 2.45) is 0 Å². The van der Waals surface area contributed by atoms with Gasteiger partial charge in [-0.05, 0) is 18.2 Å². The van der Waals surface area contributed by atoms with Crippen molar-refractivity contribution in [1.29, 1.82) is 0 Å². The zero-order valence-corrected chi connectivity index (χ0v) is 16.0. The quantitative estimate of drug-likeness (QED) is 0.692. The maximum absolute atomic E-state index is 12.3. The number of benzene rings is 2. The van der Waals surface area contributed by atoms with Crippen molar-refractivity contribution >= 4 is 11.8 Å². The number of amides is 2. The van der Waals surface area contributed by atoms with E-state index in [1.165, 1.54) is 0 Å². The summed E-state index contributed by atoms with van der Waals surface area (Å²) in [7, 11) is 1.54. The number of carbonyl (C=O) groups excluding carboxylic acids is 2. The second kappa shape index (κ2) is 8.14. The number of carbonyl (C=O) groups is 2. The molecule has 2 amide bonds. The van der Waals surface area contributed by atoms with E-state index in [9.17, 15) is 9.59 Å². The van der Waals surface area contributed by atoms with Crippen molar-refractivity contribution in [2.75, 3.05) is 26.7 Å². The van der Waals surface area contributed by atoms with Gasteiger partial charge in [0.15, 0.2) is 0 Å². The Bertz CT molecular complexity index is 1010. The molecule has 4 rings (SSSR count). The van der Waals surface area contributed by atoms with Crippen LogP contribution in [0.1, 0.15) is 16.4 Å². The zero-order chi connectivity index (χ0) is 20.2. The summed E-state index contributed by atoms with van der Waals surface area (Å²) in [6.45, 7) is 1.05. The molecule has 8 heteroatoms. The van der Waals surface area contributed by atoms with E-state index >= 15 is 0 Å². The molecule has 0 radical (unpaired) electrons. The van der Waals surface area contributed by atoms with E-state index in [1.54, 1.807) is 41.0 Å². The molecular formula is C21H21N5O3. The van der Waals surface area contributed by atoms with Crippen LogP contribution in [0.2, 0.25) is 0 Å². The normalized spacial score (nSPS) is 13.6. The summed E-state index contributed by atoms with van der Waals surface area (Å²) in [4.78, 5) is 26.2. The highest BCUT2D eigenvalue weighted by molar-refractivity contribution is 5.96. The Morgan fingerprint density at radius 1 is 1.14 bits per heavy atom. The van der Waals surface area contributed by atoms with Crippen LogP contribution in [0.15, 0.2) is 60.8 Å². The molecule has 0 spiro atoms. The van der Waals surface area contributed by atoms with Crippen LogP contribution < -0.4 is 10.1 Å². The Morgan fingerprint density at radius 2 is 1.93 bits per heavy atom. The summed E-state index contributed by atoms with van der Waals surface area (Å²) in [5.74, 6) is 0.163. The van der Waals surface area contributed by atoms with Gasteiger partial charge in [-0.1, -0.05) is 41.6 Å². The molecule has 3 aromatic rings. The molecule has 148 valence electrons. The first-order chi connectivity index (χ1) is 14.1. The lowest BCUT2D eigenvalue weighted by Crippen LogP contribution is -2.53. The molecule has 1 N–H and O–H groups in total. The monoisotopic (exact) mass is 391 g/mol. The van der Waals surface area contributed by atoms with Crippen LogP contribution in [0.3, 0.4) is 0 Å². The minimum absolute atomic E-state index is 0.0462. The SMILES string of the molecule is COc1cccc(C(=O)NCC(=O)N2CC(n3cc(-c4ccccc4)nn3)C2)c1. The van der Waals surface area contributed by atoms with E-state index in [0.29, 0.717) is 24.4 Å². The van der Waals surface area contributed by atoms with E-state index in [1.807, 2.05) is 36.5 Å². The van der Waals surface area contributed by atoms with Crippen LogP contribution in [0.5, 0.6) is 5.75 Å². The number of rotatable bonds is 6. The summed E-state index contributed by atoms with van der Waals surface area (Å²) < 4.78 is 6.90. The molecule has 0 aliphatic carbocycles. The van der Waals surface area contributed by atoms with Crippen molar-refractivity contribution in [3.05, 3.63) is 66.4 Å². The molecule has 2 heterocycles. The molecule has 2 aromatic carbocycles. The van der Waals surface area contributed by atoms with Crippen molar-refractivity contribution in [1.82, 2.24) is 25.2 Å². The number of nitrogens with zero attached hydrogens (tertiary/aromatic N) is 4. The van der Waals surface area contributed by atoms with Gasteiger partial charge in [-0.3, -0.25) is 9.59 Å². The highest BCUT2D eigenvalue weighted by atomic mass is 16.5. The molecule has 1 aromatic heterocycles. The molecule has 1 aliphatic rings. The Morgan fingerprint density at radius 3 is 2.69 bits per heavy atom. The fraction of sp³-hybridized carbons (Fsp3) is 0.238. The number of ether oxygens (including phenoxy) is 1. The van der Waals surface area contributed by atoms with Gasteiger partial charge in [0.05, 0.1) is 25.9 Å². The Hall–Kier alpha value is -3.68. The summed E-state index contributed by atoms with van der Waals surface area (Å²) in [6, 6.07) is 16.7. The second-order valence-corrected chi connectivity index (χ2v) is 6.82. The number of hydrogen-bond acceptors (Lipinski definition) is 5. The number of nitrogens with one attached hydrogen (secondary N) is 1. The molecule has 1 aliphatic heterocycles. The lowest BCUT2D eigenvalue weighted by molar-refractivity contribution is -0.136. The molecular weight excluding hydrogens is 370 g/mol. The molecule has 1 saturated heterocycles. The highest BCUT2D eigenvalue weighted by Crippen LogP contribution is 2.23. The average Bonchev–Trinajstić information content (AvgIpc) is 3.21. The Kier molecular flexibility index (Phi) is 5.24. The first-order valence-corrected chi connectivity index (χ1v) is 9.31. The largest absolute Gasteiger partial charge is 0.497 e. The van der Waals surface area contributed by atoms with Gasteiger partial charge in [-0.25, -0.2) is 4.68 Å². The zero-order valence-electron chi connectivity index (χ0n) is 16.0. The maximum atomic E-state index is 12.3. The topological polar surface area (TPSA) is 89.4 Å². The van der Waals surface area contributed by atoms with E-state index in [2.05, 4.69) is 15.6 Å². The van der Waals surface area contributed by atoms with Crippen molar-refractivity contribution in [3.8, 4) is 17.0 Å². The maximum Gasteiger partial charge on any atom is 0.251 e. The molecule has 0 saturated carbocycles. The smallest absolute Gasteiger partial charge is 0.251 e. The second-order valence-electron chi connectivity index (χ2n) is 6.82. The van der Waals surface area contributed by atoms with Crippen LogP contribution in [0.25, 0.3) is 11.3 Å². The summed E-state index contributed by atoms with van der Waals surface area (Å²) in [6.07, 6.45) is 1.90. The number of methoxy groups -OCH3 is 1. The van der Waals surface area contributed by atoms with Crippen molar-refractivity contribution in [2.45, 2.75) is 6.04 Å². The lowest BCUT2D eigenvalue weighted by atomic mass is 10.1. The first-order valence-electron chi connectivity index (χ1n) is 9.31. The van der Waals surface area contributed by atoms with Gasteiger partial charge in [0, 0.05) is 24.2 Å². The van der Waals surface area contributed by atoms with E-state index in [4.69, 9.17) is 4.74 Å². The summed E-state index contributed by atoms with van der Waals surface area (Å²) >= 11 is 0. The lowest BCUT2D eigenvalue weighted by Gasteiger charge is -2.38.